The van der Waals surface area contributed by atoms with E-state index in [0.29, 0.717) is 5.92 Å². The lowest BCUT2D eigenvalue weighted by Crippen LogP contribution is -2.20. The van der Waals surface area contributed by atoms with E-state index in [-0.39, 0.29) is 5.41 Å². The molecule has 2 aromatic rings. The smallest absolute Gasteiger partial charge is 0.231 e. The first-order chi connectivity index (χ1) is 10.0. The summed E-state index contributed by atoms with van der Waals surface area (Å²) in [7, 11) is 0. The molecule has 0 bridgehead atoms. The third kappa shape index (κ3) is 3.29. The van der Waals surface area contributed by atoms with Crippen molar-refractivity contribution < 1.29 is 4.52 Å². The predicted molar refractivity (Wildman–Crippen MR) is 79.9 cm³/mol. The summed E-state index contributed by atoms with van der Waals surface area (Å²) in [5, 5.41) is 4.13. The predicted octanol–water partition coefficient (Wildman–Crippen LogP) is 2.75. The van der Waals surface area contributed by atoms with Gasteiger partial charge in [-0.3, -0.25) is 9.88 Å². The fourth-order valence-electron chi connectivity index (χ4n) is 2.63. The van der Waals surface area contributed by atoms with Gasteiger partial charge in [-0.25, -0.2) is 0 Å². The maximum atomic E-state index is 5.47. The molecule has 1 aliphatic heterocycles. The Morgan fingerprint density at radius 1 is 1.38 bits per heavy atom. The van der Waals surface area contributed by atoms with Gasteiger partial charge >= 0.3 is 0 Å². The topological polar surface area (TPSA) is 55.1 Å². The highest BCUT2D eigenvalue weighted by atomic mass is 16.5. The highest BCUT2D eigenvalue weighted by Gasteiger charge is 2.30. The van der Waals surface area contributed by atoms with Crippen molar-refractivity contribution in [1.29, 1.82) is 0 Å². The third-order valence-electron chi connectivity index (χ3n) is 3.86. The van der Waals surface area contributed by atoms with Crippen molar-refractivity contribution >= 4 is 0 Å². The Bertz CT molecular complexity index is 588. The summed E-state index contributed by atoms with van der Waals surface area (Å²) in [6, 6.07) is 4.10. The molecule has 0 amide bonds. The molecule has 1 fully saturated rings. The molecule has 0 aliphatic carbocycles. The Morgan fingerprint density at radius 3 is 2.90 bits per heavy atom. The van der Waals surface area contributed by atoms with E-state index < -0.39 is 0 Å². The van der Waals surface area contributed by atoms with Crippen LogP contribution in [0.2, 0.25) is 0 Å². The Kier molecular flexibility index (Phi) is 3.76. The first-order valence-electron chi connectivity index (χ1n) is 7.48. The Labute approximate surface area is 125 Å². The largest absolute Gasteiger partial charge is 0.339 e. The van der Waals surface area contributed by atoms with Crippen LogP contribution in [0.25, 0.3) is 0 Å². The number of nitrogens with zero attached hydrogens (tertiary/aromatic N) is 4. The maximum absolute atomic E-state index is 5.47. The number of pyridine rings is 1. The van der Waals surface area contributed by atoms with E-state index in [2.05, 4.69) is 46.9 Å². The second-order valence-corrected chi connectivity index (χ2v) is 6.79. The maximum Gasteiger partial charge on any atom is 0.231 e. The molecule has 1 aliphatic rings. The molecule has 2 aromatic heterocycles. The van der Waals surface area contributed by atoms with Gasteiger partial charge in [0, 0.05) is 30.9 Å². The van der Waals surface area contributed by atoms with E-state index in [1.807, 2.05) is 18.5 Å². The highest BCUT2D eigenvalue weighted by Crippen LogP contribution is 2.28. The molecule has 5 heteroatoms. The molecule has 0 spiro atoms. The van der Waals surface area contributed by atoms with E-state index >= 15 is 0 Å². The molecule has 21 heavy (non-hydrogen) atoms. The van der Waals surface area contributed by atoms with Gasteiger partial charge in [0.1, 0.15) is 0 Å². The van der Waals surface area contributed by atoms with Gasteiger partial charge in [-0.05, 0) is 24.6 Å². The molecule has 3 heterocycles. The molecular weight excluding hydrogens is 264 g/mol. The zero-order valence-electron chi connectivity index (χ0n) is 12.9. The summed E-state index contributed by atoms with van der Waals surface area (Å²) in [5.74, 6) is 1.93. The zero-order chi connectivity index (χ0) is 14.9. The summed E-state index contributed by atoms with van der Waals surface area (Å²) in [6.45, 7) is 9.28. The van der Waals surface area contributed by atoms with Crippen LogP contribution < -0.4 is 0 Å². The van der Waals surface area contributed by atoms with Crippen LogP contribution >= 0.6 is 0 Å². The van der Waals surface area contributed by atoms with Crippen molar-refractivity contribution in [1.82, 2.24) is 20.0 Å². The molecule has 112 valence electrons. The van der Waals surface area contributed by atoms with Gasteiger partial charge in [-0.1, -0.05) is 32.0 Å². The van der Waals surface area contributed by atoms with Crippen molar-refractivity contribution in [2.75, 3.05) is 13.1 Å². The average molecular weight is 286 g/mol. The normalized spacial score (nSPS) is 20.0. The molecule has 0 radical (unpaired) electrons. The van der Waals surface area contributed by atoms with Crippen molar-refractivity contribution in [3.05, 3.63) is 41.8 Å². The van der Waals surface area contributed by atoms with Crippen LogP contribution in [-0.4, -0.2) is 33.1 Å². The minimum absolute atomic E-state index is 0.0598. The monoisotopic (exact) mass is 286 g/mol. The zero-order valence-corrected chi connectivity index (χ0v) is 12.9. The van der Waals surface area contributed by atoms with Gasteiger partial charge in [-0.2, -0.15) is 4.98 Å². The average Bonchev–Trinajstić information content (AvgIpc) is 3.07. The van der Waals surface area contributed by atoms with E-state index in [4.69, 9.17) is 4.52 Å². The summed E-state index contributed by atoms with van der Waals surface area (Å²) in [6.07, 6.45) is 4.81. The van der Waals surface area contributed by atoms with Crippen LogP contribution in [0.5, 0.6) is 0 Å². The van der Waals surface area contributed by atoms with Gasteiger partial charge in [0.05, 0.1) is 5.92 Å². The summed E-state index contributed by atoms with van der Waals surface area (Å²) < 4.78 is 5.47. The number of rotatable bonds is 3. The molecule has 0 aromatic carbocycles. The lowest BCUT2D eigenvalue weighted by atomic mass is 9.96. The van der Waals surface area contributed by atoms with Crippen LogP contribution in [0.3, 0.4) is 0 Å². The van der Waals surface area contributed by atoms with Crippen molar-refractivity contribution in [2.45, 2.75) is 45.1 Å². The van der Waals surface area contributed by atoms with Gasteiger partial charge in [0.15, 0.2) is 5.82 Å². The fourth-order valence-corrected chi connectivity index (χ4v) is 2.63. The Hall–Kier alpha value is -1.75. The minimum Gasteiger partial charge on any atom is -0.339 e. The summed E-state index contributed by atoms with van der Waals surface area (Å²) in [5.41, 5.74) is 1.19. The van der Waals surface area contributed by atoms with Crippen LogP contribution in [0.4, 0.5) is 0 Å². The number of hydrogen-bond acceptors (Lipinski definition) is 5. The van der Waals surface area contributed by atoms with E-state index in [1.165, 1.54) is 5.56 Å². The second-order valence-electron chi connectivity index (χ2n) is 6.79. The van der Waals surface area contributed by atoms with Gasteiger partial charge < -0.3 is 4.52 Å². The minimum atomic E-state index is -0.0598. The molecular formula is C16H22N4O. The Morgan fingerprint density at radius 2 is 2.24 bits per heavy atom. The van der Waals surface area contributed by atoms with Crippen LogP contribution in [-0.2, 0) is 12.0 Å². The first-order valence-corrected chi connectivity index (χ1v) is 7.48. The quantitative estimate of drug-likeness (QED) is 0.868. The molecule has 0 saturated carbocycles. The Balaban J connectivity index is 1.63. The number of likely N-dealkylation sites (tertiary alicyclic amines) is 1. The van der Waals surface area contributed by atoms with Crippen LogP contribution in [0, 0.1) is 0 Å². The van der Waals surface area contributed by atoms with Crippen molar-refractivity contribution in [2.24, 2.45) is 0 Å². The molecule has 3 rings (SSSR count). The van der Waals surface area contributed by atoms with Crippen molar-refractivity contribution in [3.8, 4) is 0 Å². The van der Waals surface area contributed by atoms with Crippen LogP contribution in [0.1, 0.15) is 50.4 Å². The van der Waals surface area contributed by atoms with Gasteiger partial charge in [0.25, 0.3) is 0 Å². The van der Waals surface area contributed by atoms with E-state index in [0.717, 1.165) is 37.8 Å². The van der Waals surface area contributed by atoms with Gasteiger partial charge in [-0.15, -0.1) is 0 Å². The first kappa shape index (κ1) is 14.2. The van der Waals surface area contributed by atoms with E-state index in [1.54, 1.807) is 0 Å². The molecule has 1 atom stereocenters. The van der Waals surface area contributed by atoms with Gasteiger partial charge in [0.2, 0.25) is 5.89 Å². The fraction of sp³-hybridized carbons (Fsp3) is 0.562. The number of hydrogen-bond donors (Lipinski definition) is 0. The lowest BCUT2D eigenvalue weighted by Gasteiger charge is -2.14. The summed E-state index contributed by atoms with van der Waals surface area (Å²) in [4.78, 5) is 11.2. The molecule has 5 nitrogen and oxygen atoms in total. The van der Waals surface area contributed by atoms with E-state index in [9.17, 15) is 0 Å². The highest BCUT2D eigenvalue weighted by molar-refractivity contribution is 5.10. The molecule has 0 N–H and O–H groups in total. The standard InChI is InChI=1S/C16H22N4O/c1-16(2,3)15-18-14(21-19-15)13-6-8-20(11-13)10-12-5-4-7-17-9-12/h4-5,7,9,13H,6,8,10-11H2,1-3H3. The third-order valence-corrected chi connectivity index (χ3v) is 3.86. The SMILES string of the molecule is CC(C)(C)c1noc(C2CCN(Cc3cccnc3)C2)n1. The summed E-state index contributed by atoms with van der Waals surface area (Å²) >= 11 is 0. The molecule has 1 unspecified atom stereocenters. The van der Waals surface area contributed by atoms with Crippen molar-refractivity contribution in [3.63, 3.8) is 0 Å². The second kappa shape index (κ2) is 5.56. The van der Waals surface area contributed by atoms with Crippen LogP contribution in [0.15, 0.2) is 29.0 Å². The number of aromatic nitrogens is 3. The lowest BCUT2D eigenvalue weighted by molar-refractivity contribution is 0.307. The molecule has 1 saturated heterocycles.